The van der Waals surface area contributed by atoms with Crippen LogP contribution in [0.2, 0.25) is 0 Å². The molecule has 1 aromatic heterocycles. The first kappa shape index (κ1) is 16.2. The first-order chi connectivity index (χ1) is 11.6. The molecular formula is C18H18FN3O2. The van der Waals surface area contributed by atoms with E-state index in [9.17, 15) is 19.2 Å². The van der Waals surface area contributed by atoms with Crippen LogP contribution in [-0.4, -0.2) is 30.1 Å². The normalized spacial score (nSPS) is 15.5. The topological polar surface area (TPSA) is 66.1 Å². The molecule has 0 bridgehead atoms. The summed E-state index contributed by atoms with van der Waals surface area (Å²) in [4.78, 5) is 26.0. The molecule has 0 saturated carbocycles. The number of hydrogen-bond donors (Lipinski definition) is 0. The number of carbonyl (C=O) groups is 1. The van der Waals surface area contributed by atoms with E-state index in [2.05, 4.69) is 0 Å². The van der Waals surface area contributed by atoms with Gasteiger partial charge in [0.15, 0.2) is 5.78 Å². The van der Waals surface area contributed by atoms with Gasteiger partial charge in [0.25, 0.3) is 5.56 Å². The second-order valence-electron chi connectivity index (χ2n) is 6.08. The van der Waals surface area contributed by atoms with Crippen LogP contribution in [0.5, 0.6) is 0 Å². The van der Waals surface area contributed by atoms with Crippen LogP contribution in [0, 0.1) is 17.2 Å². The minimum Gasteiger partial charge on any atom is -0.370 e. The monoisotopic (exact) mass is 327 g/mol. The second kappa shape index (κ2) is 6.44. The van der Waals surface area contributed by atoms with Gasteiger partial charge in [0, 0.05) is 31.4 Å². The number of hydrogen-bond acceptors (Lipinski definition) is 4. The van der Waals surface area contributed by atoms with Gasteiger partial charge in [-0.3, -0.25) is 9.59 Å². The molecule has 1 aliphatic rings. The van der Waals surface area contributed by atoms with Crippen LogP contribution >= 0.6 is 0 Å². The summed E-state index contributed by atoms with van der Waals surface area (Å²) in [7, 11) is 1.65. The van der Waals surface area contributed by atoms with Crippen molar-refractivity contribution in [1.82, 2.24) is 4.57 Å². The number of ketones is 1. The maximum Gasteiger partial charge on any atom is 0.270 e. The Balaban J connectivity index is 2.07. The molecule has 2 heterocycles. The molecule has 6 heteroatoms. The van der Waals surface area contributed by atoms with Crippen LogP contribution in [0.4, 0.5) is 10.1 Å². The predicted octanol–water partition coefficient (Wildman–Crippen LogP) is 2.17. The molecule has 1 aliphatic heterocycles. The molecule has 0 N–H and O–H groups in total. The number of nitrogens with zero attached hydrogens (tertiary/aromatic N) is 3. The van der Waals surface area contributed by atoms with Crippen LogP contribution in [0.1, 0.15) is 18.4 Å². The predicted molar refractivity (Wildman–Crippen MR) is 89.8 cm³/mol. The van der Waals surface area contributed by atoms with Crippen molar-refractivity contribution in [2.24, 2.45) is 13.0 Å². The molecule has 0 spiro atoms. The quantitative estimate of drug-likeness (QED) is 0.866. The number of aromatic nitrogens is 1. The van der Waals surface area contributed by atoms with Gasteiger partial charge in [-0.1, -0.05) is 18.2 Å². The molecule has 0 aliphatic carbocycles. The van der Waals surface area contributed by atoms with Crippen molar-refractivity contribution < 1.29 is 9.18 Å². The van der Waals surface area contributed by atoms with Crippen molar-refractivity contribution in [2.45, 2.75) is 12.8 Å². The number of para-hydroxylation sites is 1. The van der Waals surface area contributed by atoms with E-state index in [1.165, 1.54) is 4.57 Å². The molecule has 24 heavy (non-hydrogen) atoms. The standard InChI is InChI=1S/C18H18FN3O2/c1-21-15-5-3-2-4-13(15)17(14(11-20)18(21)24)22-8-6-12(7-9-22)16(23)10-19/h2-5,12H,6-10H2,1H3. The molecule has 3 rings (SSSR count). The van der Waals surface area contributed by atoms with Crippen LogP contribution < -0.4 is 10.5 Å². The van der Waals surface area contributed by atoms with E-state index in [1.807, 2.05) is 35.2 Å². The lowest BCUT2D eigenvalue weighted by molar-refractivity contribution is -0.124. The summed E-state index contributed by atoms with van der Waals surface area (Å²) in [5, 5.41) is 10.3. The summed E-state index contributed by atoms with van der Waals surface area (Å²) < 4.78 is 14.0. The van der Waals surface area contributed by atoms with E-state index in [-0.39, 0.29) is 22.8 Å². The summed E-state index contributed by atoms with van der Waals surface area (Å²) in [5.41, 5.74) is 1.18. The Kier molecular flexibility index (Phi) is 4.34. The van der Waals surface area contributed by atoms with E-state index in [1.54, 1.807) is 7.05 Å². The Labute approximate surface area is 138 Å². The Hall–Kier alpha value is -2.68. The van der Waals surface area contributed by atoms with Gasteiger partial charge in [-0.2, -0.15) is 5.26 Å². The fourth-order valence-corrected chi connectivity index (χ4v) is 3.44. The van der Waals surface area contributed by atoms with Gasteiger partial charge in [-0.25, -0.2) is 4.39 Å². The number of pyridine rings is 1. The Bertz CT molecular complexity index is 889. The van der Waals surface area contributed by atoms with Crippen LogP contribution in [0.15, 0.2) is 29.1 Å². The maximum absolute atomic E-state index is 12.6. The molecule has 1 aromatic carbocycles. The van der Waals surface area contributed by atoms with Crippen molar-refractivity contribution in [3.63, 3.8) is 0 Å². The average Bonchev–Trinajstić information content (AvgIpc) is 2.64. The molecule has 5 nitrogen and oxygen atoms in total. The summed E-state index contributed by atoms with van der Waals surface area (Å²) in [6.07, 6.45) is 1.08. The average molecular weight is 327 g/mol. The van der Waals surface area contributed by atoms with Gasteiger partial charge in [-0.15, -0.1) is 0 Å². The second-order valence-corrected chi connectivity index (χ2v) is 6.08. The van der Waals surface area contributed by atoms with Gasteiger partial charge in [-0.05, 0) is 18.9 Å². The highest BCUT2D eigenvalue weighted by molar-refractivity contribution is 5.95. The molecule has 0 atom stereocenters. The fourth-order valence-electron chi connectivity index (χ4n) is 3.44. The van der Waals surface area contributed by atoms with Crippen LogP contribution in [-0.2, 0) is 11.8 Å². The molecule has 1 fully saturated rings. The number of nitriles is 1. The number of benzene rings is 1. The van der Waals surface area contributed by atoms with Crippen molar-refractivity contribution in [3.8, 4) is 6.07 Å². The highest BCUT2D eigenvalue weighted by Crippen LogP contribution is 2.31. The SMILES string of the molecule is Cn1c(=O)c(C#N)c(N2CCC(C(=O)CF)CC2)c2ccccc21. The van der Waals surface area contributed by atoms with Crippen LogP contribution in [0.25, 0.3) is 10.9 Å². The zero-order valence-corrected chi connectivity index (χ0v) is 13.5. The molecule has 0 unspecified atom stereocenters. The number of fused-ring (bicyclic) bond motifs is 1. The van der Waals surface area contributed by atoms with Crippen LogP contribution in [0.3, 0.4) is 0 Å². The molecule has 0 amide bonds. The number of rotatable bonds is 3. The lowest BCUT2D eigenvalue weighted by Gasteiger charge is -2.34. The van der Waals surface area contributed by atoms with Gasteiger partial charge in [0.05, 0.1) is 11.2 Å². The lowest BCUT2D eigenvalue weighted by Crippen LogP contribution is -2.38. The molecule has 2 aromatic rings. The third-order valence-electron chi connectivity index (χ3n) is 4.79. The first-order valence-corrected chi connectivity index (χ1v) is 7.94. The van der Waals surface area contributed by atoms with Crippen molar-refractivity contribution in [3.05, 3.63) is 40.2 Å². The zero-order chi connectivity index (χ0) is 17.3. The highest BCUT2D eigenvalue weighted by atomic mass is 19.1. The summed E-state index contributed by atoms with van der Waals surface area (Å²) in [6, 6.07) is 9.50. The van der Waals surface area contributed by atoms with E-state index in [0.717, 1.165) is 10.9 Å². The van der Waals surface area contributed by atoms with Gasteiger partial charge < -0.3 is 9.47 Å². The lowest BCUT2D eigenvalue weighted by atomic mass is 9.92. The fraction of sp³-hybridized carbons (Fsp3) is 0.389. The molecule has 1 saturated heterocycles. The van der Waals surface area contributed by atoms with Gasteiger partial charge in [0.2, 0.25) is 0 Å². The molecule has 124 valence electrons. The Morgan fingerprint density at radius 2 is 2.00 bits per heavy atom. The number of alkyl halides is 1. The van der Waals surface area contributed by atoms with Gasteiger partial charge in [0.1, 0.15) is 18.3 Å². The number of aryl methyl sites for hydroxylation is 1. The largest absolute Gasteiger partial charge is 0.370 e. The number of carbonyl (C=O) groups excluding carboxylic acids is 1. The third kappa shape index (κ3) is 2.56. The number of halogens is 1. The zero-order valence-electron chi connectivity index (χ0n) is 13.5. The van der Waals surface area contributed by atoms with Crippen molar-refractivity contribution >= 4 is 22.4 Å². The van der Waals surface area contributed by atoms with E-state index < -0.39 is 6.67 Å². The van der Waals surface area contributed by atoms with Crippen molar-refractivity contribution in [2.75, 3.05) is 24.7 Å². The maximum atomic E-state index is 12.6. The van der Waals surface area contributed by atoms with E-state index in [0.29, 0.717) is 31.6 Å². The van der Waals surface area contributed by atoms with E-state index in [4.69, 9.17) is 0 Å². The molecule has 0 radical (unpaired) electrons. The highest BCUT2D eigenvalue weighted by Gasteiger charge is 2.28. The van der Waals surface area contributed by atoms with E-state index >= 15 is 0 Å². The summed E-state index contributed by atoms with van der Waals surface area (Å²) >= 11 is 0. The van der Waals surface area contributed by atoms with Crippen molar-refractivity contribution in [1.29, 1.82) is 5.26 Å². The first-order valence-electron chi connectivity index (χ1n) is 7.94. The third-order valence-corrected chi connectivity index (χ3v) is 4.79. The Morgan fingerprint density at radius 1 is 1.33 bits per heavy atom. The number of piperidine rings is 1. The van der Waals surface area contributed by atoms with Gasteiger partial charge >= 0.3 is 0 Å². The smallest absolute Gasteiger partial charge is 0.270 e. The molecular weight excluding hydrogens is 309 g/mol. The number of Topliss-reactive ketones (excluding diaryl/α,β-unsaturated/α-hetero) is 1. The minimum atomic E-state index is -0.928. The summed E-state index contributed by atoms with van der Waals surface area (Å²) in [6.45, 7) is 0.132. The Morgan fingerprint density at radius 3 is 2.62 bits per heavy atom. The number of anilines is 1. The minimum absolute atomic E-state index is 0.117. The summed E-state index contributed by atoms with van der Waals surface area (Å²) in [5.74, 6) is -0.626.